The van der Waals surface area contributed by atoms with Gasteiger partial charge in [-0.15, -0.1) is 0 Å². The fraction of sp³-hybridized carbons (Fsp3) is 0.240. The summed E-state index contributed by atoms with van der Waals surface area (Å²) in [5.74, 6) is 3.21. The van der Waals surface area contributed by atoms with E-state index in [1.165, 1.54) is 0 Å². The first-order chi connectivity index (χ1) is 15.7. The topological polar surface area (TPSA) is 52.5 Å². The third-order valence-corrected chi connectivity index (χ3v) is 6.44. The minimum Gasteiger partial charge on any atom is -0.493 e. The molecule has 0 fully saturated rings. The monoisotopic (exact) mass is 492 g/mol. The van der Waals surface area contributed by atoms with Crippen LogP contribution in [0.15, 0.2) is 70.2 Å². The Hall–Kier alpha value is -3.19. The Balaban J connectivity index is 1.45. The average Bonchev–Trinajstić information content (AvgIpc) is 3.46. The average molecular weight is 493 g/mol. The van der Waals surface area contributed by atoms with Gasteiger partial charge >= 0.3 is 0 Å². The SMILES string of the molecule is CCOc1ccccc1[C@H]1Oc2ccc(Br)cc2[C@@H]2CC(c3ccc4c(c3)OCO4)=NN12. The van der Waals surface area contributed by atoms with Crippen LogP contribution in [0.4, 0.5) is 0 Å². The summed E-state index contributed by atoms with van der Waals surface area (Å²) in [6, 6.07) is 20.2. The van der Waals surface area contributed by atoms with E-state index in [2.05, 4.69) is 27.0 Å². The molecule has 32 heavy (non-hydrogen) atoms. The number of benzene rings is 3. The molecule has 0 amide bonds. The Kier molecular flexibility index (Phi) is 4.72. The molecule has 3 aromatic carbocycles. The van der Waals surface area contributed by atoms with Gasteiger partial charge in [0.25, 0.3) is 0 Å². The second kappa shape index (κ2) is 7.74. The number of ether oxygens (including phenoxy) is 4. The smallest absolute Gasteiger partial charge is 0.231 e. The maximum atomic E-state index is 6.51. The van der Waals surface area contributed by atoms with Crippen LogP contribution in [0.1, 0.15) is 42.3 Å². The first-order valence-corrected chi connectivity index (χ1v) is 11.4. The molecule has 2 atom stereocenters. The van der Waals surface area contributed by atoms with Crippen molar-refractivity contribution in [1.82, 2.24) is 5.01 Å². The van der Waals surface area contributed by atoms with Gasteiger partial charge in [-0.3, -0.25) is 0 Å². The van der Waals surface area contributed by atoms with Crippen molar-refractivity contribution < 1.29 is 18.9 Å². The van der Waals surface area contributed by atoms with Crippen molar-refractivity contribution in [2.75, 3.05) is 13.4 Å². The highest BCUT2D eigenvalue weighted by Gasteiger charge is 2.42. The van der Waals surface area contributed by atoms with Crippen molar-refractivity contribution in [2.45, 2.75) is 25.6 Å². The molecule has 6 nitrogen and oxygen atoms in total. The molecule has 0 aromatic heterocycles. The van der Waals surface area contributed by atoms with Crippen LogP contribution in [0.2, 0.25) is 0 Å². The summed E-state index contributed by atoms with van der Waals surface area (Å²) in [7, 11) is 0. The quantitative estimate of drug-likeness (QED) is 0.459. The third kappa shape index (κ3) is 3.19. The van der Waals surface area contributed by atoms with Gasteiger partial charge in [0.05, 0.1) is 23.9 Å². The Morgan fingerprint density at radius 1 is 1.00 bits per heavy atom. The lowest BCUT2D eigenvalue weighted by molar-refractivity contribution is -0.0206. The van der Waals surface area contributed by atoms with Crippen molar-refractivity contribution in [3.05, 3.63) is 81.8 Å². The summed E-state index contributed by atoms with van der Waals surface area (Å²) in [5.41, 5.74) is 4.09. The molecule has 0 saturated carbocycles. The van der Waals surface area contributed by atoms with Gasteiger partial charge in [-0.05, 0) is 55.5 Å². The van der Waals surface area contributed by atoms with Crippen LogP contribution in [0.25, 0.3) is 0 Å². The molecule has 0 radical (unpaired) electrons. The second-order valence-corrected chi connectivity index (χ2v) is 8.75. The van der Waals surface area contributed by atoms with Crippen LogP contribution >= 0.6 is 15.9 Å². The van der Waals surface area contributed by atoms with Crippen LogP contribution in [-0.4, -0.2) is 24.1 Å². The molecule has 3 heterocycles. The van der Waals surface area contributed by atoms with Gasteiger partial charge in [-0.25, -0.2) is 5.01 Å². The predicted molar refractivity (Wildman–Crippen MR) is 123 cm³/mol. The first-order valence-electron chi connectivity index (χ1n) is 10.6. The zero-order valence-electron chi connectivity index (χ0n) is 17.5. The highest BCUT2D eigenvalue weighted by molar-refractivity contribution is 9.10. The van der Waals surface area contributed by atoms with Crippen LogP contribution < -0.4 is 18.9 Å². The van der Waals surface area contributed by atoms with E-state index in [0.29, 0.717) is 6.61 Å². The van der Waals surface area contributed by atoms with E-state index in [9.17, 15) is 0 Å². The maximum Gasteiger partial charge on any atom is 0.231 e. The van der Waals surface area contributed by atoms with Gasteiger partial charge in [0.1, 0.15) is 11.5 Å². The van der Waals surface area contributed by atoms with Gasteiger partial charge in [0.15, 0.2) is 11.5 Å². The van der Waals surface area contributed by atoms with Crippen molar-refractivity contribution in [2.24, 2.45) is 5.10 Å². The molecule has 162 valence electrons. The van der Waals surface area contributed by atoms with Crippen LogP contribution in [-0.2, 0) is 0 Å². The molecule has 0 bridgehead atoms. The maximum absolute atomic E-state index is 6.51. The van der Waals surface area contributed by atoms with Gasteiger partial charge in [0, 0.05) is 22.0 Å². The van der Waals surface area contributed by atoms with E-state index < -0.39 is 0 Å². The zero-order chi connectivity index (χ0) is 21.7. The lowest BCUT2D eigenvalue weighted by atomic mass is 9.95. The summed E-state index contributed by atoms with van der Waals surface area (Å²) in [6.45, 7) is 2.83. The Labute approximate surface area is 194 Å². The lowest BCUT2D eigenvalue weighted by Crippen LogP contribution is -2.34. The number of hydrogen-bond donors (Lipinski definition) is 0. The highest BCUT2D eigenvalue weighted by Crippen LogP contribution is 2.49. The highest BCUT2D eigenvalue weighted by atomic mass is 79.9. The van der Waals surface area contributed by atoms with Crippen molar-refractivity contribution in [1.29, 1.82) is 0 Å². The van der Waals surface area contributed by atoms with E-state index in [1.807, 2.05) is 61.5 Å². The van der Waals surface area contributed by atoms with Gasteiger partial charge in [-0.2, -0.15) is 5.10 Å². The Morgan fingerprint density at radius 3 is 2.75 bits per heavy atom. The molecule has 0 N–H and O–H groups in total. The molecule has 3 aromatic rings. The summed E-state index contributed by atoms with van der Waals surface area (Å²) in [4.78, 5) is 0. The minimum atomic E-state index is -0.386. The van der Waals surface area contributed by atoms with Crippen LogP contribution in [0, 0.1) is 0 Å². The number of halogens is 1. The number of fused-ring (bicyclic) bond motifs is 4. The van der Waals surface area contributed by atoms with E-state index in [4.69, 9.17) is 24.0 Å². The number of hydrazone groups is 1. The largest absolute Gasteiger partial charge is 0.493 e. The number of hydrogen-bond acceptors (Lipinski definition) is 6. The molecule has 3 aliphatic heterocycles. The van der Waals surface area contributed by atoms with E-state index in [-0.39, 0.29) is 19.1 Å². The molecule has 0 aliphatic carbocycles. The standard InChI is InChI=1S/C25H21BrN2O4/c1-2-29-21-6-4-3-5-17(21)25-28-20(18-12-16(26)8-10-22(18)32-25)13-19(27-28)15-7-9-23-24(11-15)31-14-30-23/h3-12,20,25H,2,13-14H2,1H3/t20-,25+/m0/s1. The summed E-state index contributed by atoms with van der Waals surface area (Å²) in [6.07, 6.45) is 0.377. The third-order valence-electron chi connectivity index (χ3n) is 5.94. The predicted octanol–water partition coefficient (Wildman–Crippen LogP) is 5.82. The molecule has 0 unspecified atom stereocenters. The Morgan fingerprint density at radius 2 is 1.84 bits per heavy atom. The minimum absolute atomic E-state index is 0.0522. The van der Waals surface area contributed by atoms with Crippen molar-refractivity contribution >= 4 is 21.6 Å². The molecule has 0 spiro atoms. The summed E-state index contributed by atoms with van der Waals surface area (Å²) < 4.78 is 24.5. The van der Waals surface area contributed by atoms with Gasteiger partial charge in [0.2, 0.25) is 13.0 Å². The van der Waals surface area contributed by atoms with E-state index in [0.717, 1.165) is 56.3 Å². The Bertz CT molecular complexity index is 1230. The van der Waals surface area contributed by atoms with E-state index >= 15 is 0 Å². The van der Waals surface area contributed by atoms with Crippen LogP contribution in [0.5, 0.6) is 23.0 Å². The number of rotatable bonds is 4. The number of nitrogens with zero attached hydrogens (tertiary/aromatic N) is 2. The molecule has 6 rings (SSSR count). The summed E-state index contributed by atoms with van der Waals surface area (Å²) >= 11 is 3.61. The molecule has 3 aliphatic rings. The zero-order valence-corrected chi connectivity index (χ0v) is 19.0. The van der Waals surface area contributed by atoms with E-state index in [1.54, 1.807) is 0 Å². The molecular formula is C25H21BrN2O4. The first kappa shape index (κ1) is 19.5. The van der Waals surface area contributed by atoms with Crippen molar-refractivity contribution in [3.8, 4) is 23.0 Å². The molecule has 0 saturated heterocycles. The number of para-hydroxylation sites is 1. The normalized spacial score (nSPS) is 20.3. The summed E-state index contributed by atoms with van der Waals surface area (Å²) in [5, 5.41) is 7.11. The van der Waals surface area contributed by atoms with Gasteiger partial charge in [-0.1, -0.05) is 28.1 Å². The molecular weight excluding hydrogens is 472 g/mol. The van der Waals surface area contributed by atoms with Gasteiger partial charge < -0.3 is 18.9 Å². The lowest BCUT2D eigenvalue weighted by Gasteiger charge is -2.38. The fourth-order valence-electron chi connectivity index (χ4n) is 4.49. The van der Waals surface area contributed by atoms with Crippen molar-refractivity contribution in [3.63, 3.8) is 0 Å². The second-order valence-electron chi connectivity index (χ2n) is 7.84. The van der Waals surface area contributed by atoms with Crippen LogP contribution in [0.3, 0.4) is 0 Å². The molecule has 7 heteroatoms. The fourth-order valence-corrected chi connectivity index (χ4v) is 4.86.